The number of thiophene rings is 1. The van der Waals surface area contributed by atoms with Crippen molar-refractivity contribution in [3.63, 3.8) is 0 Å². The summed E-state index contributed by atoms with van der Waals surface area (Å²) >= 11 is 1.09. The molecule has 1 heterocycles. The van der Waals surface area contributed by atoms with Gasteiger partial charge in [0.1, 0.15) is 0 Å². The molecule has 0 aromatic carbocycles. The number of aryl methyl sites for hydroxylation is 1. The maximum atomic E-state index is 11.5. The molecule has 0 saturated heterocycles. The van der Waals surface area contributed by atoms with E-state index in [4.69, 9.17) is 5.11 Å². The molecule has 1 aromatic heterocycles. The predicted octanol–water partition coefficient (Wildman–Crippen LogP) is 1.08. The molecule has 1 amide bonds. The summed E-state index contributed by atoms with van der Waals surface area (Å²) in [4.78, 5) is 22.4. The number of nitrogens with zero attached hydrogens (tertiary/aromatic N) is 1. The Balaban J connectivity index is 2.69. The molecule has 0 fully saturated rings. The third-order valence-corrected chi connectivity index (χ3v) is 2.97. The van der Waals surface area contributed by atoms with Crippen LogP contribution >= 0.6 is 11.3 Å². The van der Waals surface area contributed by atoms with Crippen LogP contribution in [0.15, 0.2) is 6.07 Å². The summed E-state index contributed by atoms with van der Waals surface area (Å²) in [5, 5.41) is 21.7. The molecule has 0 aliphatic heterocycles. The summed E-state index contributed by atoms with van der Waals surface area (Å²) in [6, 6.07) is 1.27. The predicted molar refractivity (Wildman–Crippen MR) is 59.7 cm³/mol. The van der Waals surface area contributed by atoms with Crippen molar-refractivity contribution in [2.24, 2.45) is 0 Å². The normalized spacial score (nSPS) is 10.1. The van der Waals surface area contributed by atoms with Crippen LogP contribution in [0.5, 0.6) is 0 Å². The lowest BCUT2D eigenvalue weighted by molar-refractivity contribution is -0.385. The van der Waals surface area contributed by atoms with Crippen molar-refractivity contribution in [3.8, 4) is 0 Å². The molecule has 0 bridgehead atoms. The Labute approximate surface area is 96.1 Å². The van der Waals surface area contributed by atoms with Gasteiger partial charge < -0.3 is 10.4 Å². The van der Waals surface area contributed by atoms with Crippen molar-refractivity contribution in [1.29, 1.82) is 0 Å². The summed E-state index contributed by atoms with van der Waals surface area (Å²) in [6.07, 6.45) is 0.470. The van der Waals surface area contributed by atoms with Crippen molar-refractivity contribution in [3.05, 3.63) is 25.9 Å². The number of carbonyl (C=O) groups is 1. The Morgan fingerprint density at radius 3 is 2.88 bits per heavy atom. The first kappa shape index (κ1) is 12.6. The third kappa shape index (κ3) is 3.01. The third-order valence-electron chi connectivity index (χ3n) is 1.93. The van der Waals surface area contributed by atoms with Crippen LogP contribution in [0.2, 0.25) is 0 Å². The first-order valence-electron chi connectivity index (χ1n) is 4.70. The van der Waals surface area contributed by atoms with Gasteiger partial charge >= 0.3 is 0 Å². The van der Waals surface area contributed by atoms with Crippen molar-refractivity contribution in [1.82, 2.24) is 5.32 Å². The number of carbonyl (C=O) groups excluding carboxylic acids is 1. The number of hydrogen-bond acceptors (Lipinski definition) is 5. The van der Waals surface area contributed by atoms with E-state index in [0.717, 1.165) is 11.3 Å². The van der Waals surface area contributed by atoms with E-state index < -0.39 is 4.92 Å². The monoisotopic (exact) mass is 244 g/mol. The molecule has 0 aliphatic carbocycles. The van der Waals surface area contributed by atoms with Gasteiger partial charge in [0.05, 0.1) is 14.7 Å². The Bertz CT molecular complexity index is 402. The van der Waals surface area contributed by atoms with E-state index in [1.165, 1.54) is 6.07 Å². The smallest absolute Gasteiger partial charge is 0.283 e. The molecule has 0 aliphatic rings. The molecule has 6 nitrogen and oxygen atoms in total. The van der Waals surface area contributed by atoms with E-state index in [-0.39, 0.29) is 18.2 Å². The van der Waals surface area contributed by atoms with Gasteiger partial charge in [-0.05, 0) is 13.3 Å². The fourth-order valence-corrected chi connectivity index (χ4v) is 2.04. The standard InChI is InChI=1S/C9H12N2O4S/c1-6-7(11(14)15)5-8(16-6)9(13)10-3-2-4-12/h5,12H,2-4H2,1H3,(H,10,13). The molecule has 0 unspecified atom stereocenters. The highest BCUT2D eigenvalue weighted by Crippen LogP contribution is 2.27. The van der Waals surface area contributed by atoms with E-state index in [0.29, 0.717) is 22.7 Å². The highest BCUT2D eigenvalue weighted by Gasteiger charge is 2.18. The van der Waals surface area contributed by atoms with Crippen LogP contribution < -0.4 is 5.32 Å². The first-order valence-corrected chi connectivity index (χ1v) is 5.51. The van der Waals surface area contributed by atoms with Crippen molar-refractivity contribution in [2.45, 2.75) is 13.3 Å². The average Bonchev–Trinajstić information content (AvgIpc) is 2.60. The summed E-state index contributed by atoms with van der Waals surface area (Å²) in [5.74, 6) is -0.338. The zero-order valence-corrected chi connectivity index (χ0v) is 9.54. The molecule has 16 heavy (non-hydrogen) atoms. The Morgan fingerprint density at radius 2 is 2.38 bits per heavy atom. The van der Waals surface area contributed by atoms with Crippen LogP contribution in [0.1, 0.15) is 21.0 Å². The number of aliphatic hydroxyl groups is 1. The van der Waals surface area contributed by atoms with E-state index >= 15 is 0 Å². The summed E-state index contributed by atoms with van der Waals surface area (Å²) < 4.78 is 0. The van der Waals surface area contributed by atoms with Crippen LogP contribution in [0, 0.1) is 17.0 Å². The van der Waals surface area contributed by atoms with Gasteiger partial charge in [-0.15, -0.1) is 11.3 Å². The minimum absolute atomic E-state index is 0.00387. The summed E-state index contributed by atoms with van der Waals surface area (Å²) in [7, 11) is 0. The van der Waals surface area contributed by atoms with Gasteiger partial charge in [-0.3, -0.25) is 14.9 Å². The van der Waals surface area contributed by atoms with Crippen LogP contribution in [-0.4, -0.2) is 29.1 Å². The molecule has 0 radical (unpaired) electrons. The van der Waals surface area contributed by atoms with Crippen molar-refractivity contribution in [2.75, 3.05) is 13.2 Å². The zero-order chi connectivity index (χ0) is 12.1. The van der Waals surface area contributed by atoms with Crippen molar-refractivity contribution < 1.29 is 14.8 Å². The maximum absolute atomic E-state index is 11.5. The molecule has 0 spiro atoms. The fraction of sp³-hybridized carbons (Fsp3) is 0.444. The molecular formula is C9H12N2O4S. The van der Waals surface area contributed by atoms with Gasteiger partial charge in [0.15, 0.2) is 0 Å². The van der Waals surface area contributed by atoms with Gasteiger partial charge in [-0.1, -0.05) is 0 Å². The van der Waals surface area contributed by atoms with Crippen LogP contribution in [0.4, 0.5) is 5.69 Å². The Kier molecular flexibility index (Phi) is 4.39. The lowest BCUT2D eigenvalue weighted by Crippen LogP contribution is -2.24. The second-order valence-electron chi connectivity index (χ2n) is 3.14. The molecule has 0 atom stereocenters. The van der Waals surface area contributed by atoms with Gasteiger partial charge in [0.2, 0.25) is 0 Å². The topological polar surface area (TPSA) is 92.5 Å². The first-order chi connectivity index (χ1) is 7.56. The number of nitro groups is 1. The lowest BCUT2D eigenvalue weighted by atomic mass is 10.3. The number of amides is 1. The van der Waals surface area contributed by atoms with E-state index in [1.54, 1.807) is 6.92 Å². The highest BCUT2D eigenvalue weighted by molar-refractivity contribution is 7.14. The largest absolute Gasteiger partial charge is 0.396 e. The Morgan fingerprint density at radius 1 is 1.69 bits per heavy atom. The lowest BCUT2D eigenvalue weighted by Gasteiger charge is -2.00. The molecule has 1 aromatic rings. The fourth-order valence-electron chi connectivity index (χ4n) is 1.13. The van der Waals surface area contributed by atoms with Crippen LogP contribution in [0.3, 0.4) is 0 Å². The summed E-state index contributed by atoms with van der Waals surface area (Å²) in [5.41, 5.74) is -0.0303. The number of nitrogens with one attached hydrogen (secondary N) is 1. The molecule has 2 N–H and O–H groups in total. The Hall–Kier alpha value is -1.47. The van der Waals surface area contributed by atoms with Crippen LogP contribution in [-0.2, 0) is 0 Å². The molecule has 1 rings (SSSR count). The van der Waals surface area contributed by atoms with Gasteiger partial charge in [-0.25, -0.2) is 0 Å². The SMILES string of the molecule is Cc1sc(C(=O)NCCCO)cc1[N+](=O)[O-]. The molecular weight excluding hydrogens is 232 g/mol. The molecule has 0 saturated carbocycles. The molecule has 88 valence electrons. The molecule has 7 heteroatoms. The average molecular weight is 244 g/mol. The number of aliphatic hydroxyl groups excluding tert-OH is 1. The van der Waals surface area contributed by atoms with E-state index in [2.05, 4.69) is 5.32 Å². The van der Waals surface area contributed by atoms with Gasteiger partial charge in [-0.2, -0.15) is 0 Å². The van der Waals surface area contributed by atoms with E-state index in [9.17, 15) is 14.9 Å². The quantitative estimate of drug-likeness (QED) is 0.460. The number of hydrogen-bond donors (Lipinski definition) is 2. The van der Waals surface area contributed by atoms with Gasteiger partial charge in [0.25, 0.3) is 11.6 Å². The van der Waals surface area contributed by atoms with E-state index in [1.807, 2.05) is 0 Å². The van der Waals surface area contributed by atoms with Crippen molar-refractivity contribution >= 4 is 22.9 Å². The van der Waals surface area contributed by atoms with Crippen LogP contribution in [0.25, 0.3) is 0 Å². The van der Waals surface area contributed by atoms with Gasteiger partial charge in [0, 0.05) is 19.2 Å². The number of rotatable bonds is 5. The maximum Gasteiger partial charge on any atom is 0.283 e. The highest BCUT2D eigenvalue weighted by atomic mass is 32.1. The summed E-state index contributed by atoms with van der Waals surface area (Å²) in [6.45, 7) is 1.97. The second kappa shape index (κ2) is 5.57. The second-order valence-corrected chi connectivity index (χ2v) is 4.40. The minimum atomic E-state index is -0.504. The minimum Gasteiger partial charge on any atom is -0.396 e. The zero-order valence-electron chi connectivity index (χ0n) is 8.73.